The number of amides is 2. The number of hydrogen-bond acceptors (Lipinski definition) is 5. The first-order valence-corrected chi connectivity index (χ1v) is 8.29. The van der Waals surface area contributed by atoms with Crippen LogP contribution in [-0.4, -0.2) is 24.3 Å². The number of benzene rings is 2. The number of ether oxygens (including phenoxy) is 2. The normalized spacial score (nSPS) is 15.4. The number of hydrazone groups is 1. The summed E-state index contributed by atoms with van der Waals surface area (Å²) >= 11 is 0. The second kappa shape index (κ2) is 7.08. The Morgan fingerprint density at radius 1 is 1.00 bits per heavy atom. The number of nitrogens with one attached hydrogen (secondary N) is 1. The van der Waals surface area contributed by atoms with Gasteiger partial charge in [0.15, 0.2) is 34.8 Å². The average Bonchev–Trinajstić information content (AvgIpc) is 3.16. The number of nitrogens with zero attached hydrogens (tertiary/aromatic N) is 2. The summed E-state index contributed by atoms with van der Waals surface area (Å²) in [4.78, 5) is 24.5. The molecule has 2 amide bonds. The Labute approximate surface area is 160 Å². The van der Waals surface area contributed by atoms with Gasteiger partial charge in [0.1, 0.15) is 11.4 Å². The fourth-order valence-corrected chi connectivity index (χ4v) is 2.82. The first kappa shape index (κ1) is 18.7. The molecule has 0 atom stereocenters. The standard InChI is InChI=1S/C18H11F4N3O4/c19-9-6-10(20)16(22)17(15(9)21)25-14(26)4-2-11(24-25)18(27)23-8-1-3-12-13(5-8)29-7-28-12/h1,3,5-6H,2,4,7H2,(H,23,27). The molecule has 0 aliphatic carbocycles. The third-order valence-corrected chi connectivity index (χ3v) is 4.23. The number of halogens is 4. The van der Waals surface area contributed by atoms with Crippen LogP contribution in [-0.2, 0) is 9.59 Å². The van der Waals surface area contributed by atoms with Gasteiger partial charge in [-0.2, -0.15) is 10.1 Å². The SMILES string of the molecule is O=C(Nc1ccc2c(c1)OCO2)C1=NN(c2c(F)c(F)cc(F)c2F)C(=O)CC1. The van der Waals surface area contributed by atoms with E-state index in [1.807, 2.05) is 0 Å². The Bertz CT molecular complexity index is 1050. The lowest BCUT2D eigenvalue weighted by molar-refractivity contribution is -0.118. The molecule has 11 heteroatoms. The lowest BCUT2D eigenvalue weighted by Crippen LogP contribution is -2.37. The molecular formula is C18H11F4N3O4. The average molecular weight is 409 g/mol. The zero-order chi connectivity index (χ0) is 20.7. The van der Waals surface area contributed by atoms with E-state index in [-0.39, 0.29) is 36.4 Å². The number of carbonyl (C=O) groups excluding carboxylic acids is 2. The van der Waals surface area contributed by atoms with Crippen LogP contribution in [0.5, 0.6) is 11.5 Å². The van der Waals surface area contributed by atoms with Gasteiger partial charge in [-0.15, -0.1) is 0 Å². The van der Waals surface area contributed by atoms with Crippen molar-refractivity contribution in [3.8, 4) is 11.5 Å². The van der Waals surface area contributed by atoms with Gasteiger partial charge in [-0.3, -0.25) is 9.59 Å². The molecule has 0 unspecified atom stereocenters. The van der Waals surface area contributed by atoms with Gasteiger partial charge in [-0.1, -0.05) is 0 Å². The molecule has 2 heterocycles. The van der Waals surface area contributed by atoms with Crippen molar-refractivity contribution in [2.24, 2.45) is 5.10 Å². The van der Waals surface area contributed by atoms with Gasteiger partial charge >= 0.3 is 0 Å². The van der Waals surface area contributed by atoms with Crippen LogP contribution in [0.3, 0.4) is 0 Å². The maximum Gasteiger partial charge on any atom is 0.271 e. The van der Waals surface area contributed by atoms with Crippen LogP contribution < -0.4 is 19.8 Å². The fraction of sp³-hybridized carbons (Fsp3) is 0.167. The summed E-state index contributed by atoms with van der Waals surface area (Å²) < 4.78 is 65.4. The highest BCUT2D eigenvalue weighted by atomic mass is 19.2. The Morgan fingerprint density at radius 3 is 2.41 bits per heavy atom. The van der Waals surface area contributed by atoms with Gasteiger partial charge in [0.05, 0.1) is 0 Å². The highest BCUT2D eigenvalue weighted by Gasteiger charge is 2.32. The van der Waals surface area contributed by atoms with E-state index in [2.05, 4.69) is 10.4 Å². The molecular weight excluding hydrogens is 398 g/mol. The molecule has 150 valence electrons. The minimum atomic E-state index is -1.79. The predicted octanol–water partition coefficient (Wildman–Crippen LogP) is 3.09. The van der Waals surface area contributed by atoms with Gasteiger partial charge in [0, 0.05) is 30.7 Å². The Balaban J connectivity index is 1.63. The highest BCUT2D eigenvalue weighted by Crippen LogP contribution is 2.34. The molecule has 0 saturated carbocycles. The molecule has 0 saturated heterocycles. The van der Waals surface area contributed by atoms with E-state index < -0.39 is 40.8 Å². The van der Waals surface area contributed by atoms with Crippen LogP contribution in [0.15, 0.2) is 29.4 Å². The maximum atomic E-state index is 14.0. The second-order valence-electron chi connectivity index (χ2n) is 6.09. The van der Waals surface area contributed by atoms with Crippen molar-refractivity contribution in [3.63, 3.8) is 0 Å². The Kier molecular flexibility index (Phi) is 4.57. The van der Waals surface area contributed by atoms with Crippen molar-refractivity contribution in [2.45, 2.75) is 12.8 Å². The number of fused-ring (bicyclic) bond motifs is 1. The van der Waals surface area contributed by atoms with Crippen LogP contribution in [0, 0.1) is 23.3 Å². The molecule has 0 spiro atoms. The minimum Gasteiger partial charge on any atom is -0.454 e. The number of rotatable bonds is 3. The largest absolute Gasteiger partial charge is 0.454 e. The summed E-state index contributed by atoms with van der Waals surface area (Å²) in [5.74, 6) is -7.76. The Morgan fingerprint density at radius 2 is 1.69 bits per heavy atom. The second-order valence-corrected chi connectivity index (χ2v) is 6.09. The molecule has 2 aliphatic heterocycles. The molecule has 0 bridgehead atoms. The third-order valence-electron chi connectivity index (χ3n) is 4.23. The lowest BCUT2D eigenvalue weighted by Gasteiger charge is -2.24. The van der Waals surface area contributed by atoms with Crippen molar-refractivity contribution < 1.29 is 36.6 Å². The quantitative estimate of drug-likeness (QED) is 0.624. The van der Waals surface area contributed by atoms with Gasteiger partial charge < -0.3 is 14.8 Å². The van der Waals surface area contributed by atoms with E-state index in [0.29, 0.717) is 17.2 Å². The van der Waals surface area contributed by atoms with Crippen molar-refractivity contribution in [1.29, 1.82) is 0 Å². The number of carbonyl (C=O) groups is 2. The molecule has 0 fully saturated rings. The first-order chi connectivity index (χ1) is 13.8. The van der Waals surface area contributed by atoms with Gasteiger partial charge in [0.25, 0.3) is 5.91 Å². The zero-order valence-electron chi connectivity index (χ0n) is 14.5. The highest BCUT2D eigenvalue weighted by molar-refractivity contribution is 6.44. The molecule has 4 rings (SSSR count). The smallest absolute Gasteiger partial charge is 0.271 e. The van der Waals surface area contributed by atoms with Crippen LogP contribution in [0.4, 0.5) is 28.9 Å². The fourth-order valence-electron chi connectivity index (χ4n) is 2.82. The van der Waals surface area contributed by atoms with Crippen LogP contribution in [0.2, 0.25) is 0 Å². The van der Waals surface area contributed by atoms with E-state index >= 15 is 0 Å². The van der Waals surface area contributed by atoms with Gasteiger partial charge in [-0.05, 0) is 12.1 Å². The minimum absolute atomic E-state index is 0.0135. The monoisotopic (exact) mass is 409 g/mol. The predicted molar refractivity (Wildman–Crippen MR) is 91.6 cm³/mol. The van der Waals surface area contributed by atoms with Crippen LogP contribution >= 0.6 is 0 Å². The van der Waals surface area contributed by atoms with Gasteiger partial charge in [-0.25, -0.2) is 17.6 Å². The maximum absolute atomic E-state index is 14.0. The lowest BCUT2D eigenvalue weighted by atomic mass is 10.1. The van der Waals surface area contributed by atoms with Crippen LogP contribution in [0.25, 0.3) is 0 Å². The molecule has 2 aromatic rings. The number of anilines is 2. The third kappa shape index (κ3) is 3.35. The van der Waals surface area contributed by atoms with Crippen molar-refractivity contribution in [1.82, 2.24) is 0 Å². The number of hydrogen-bond donors (Lipinski definition) is 1. The van der Waals surface area contributed by atoms with E-state index in [1.54, 1.807) is 6.07 Å². The molecule has 0 radical (unpaired) electrons. The van der Waals surface area contributed by atoms with Gasteiger partial charge in [0.2, 0.25) is 12.7 Å². The summed E-state index contributed by atoms with van der Waals surface area (Å²) in [5, 5.41) is 6.29. The molecule has 7 nitrogen and oxygen atoms in total. The van der Waals surface area contributed by atoms with Crippen LogP contribution in [0.1, 0.15) is 12.8 Å². The summed E-state index contributed by atoms with van der Waals surface area (Å²) in [6.07, 6.45) is -0.475. The zero-order valence-corrected chi connectivity index (χ0v) is 14.5. The summed E-state index contributed by atoms with van der Waals surface area (Å²) in [6, 6.07) is 4.60. The first-order valence-electron chi connectivity index (χ1n) is 8.29. The van der Waals surface area contributed by atoms with Crippen molar-refractivity contribution in [3.05, 3.63) is 47.5 Å². The summed E-state index contributed by atoms with van der Waals surface area (Å²) in [5.41, 5.74) is -1.26. The molecule has 0 aromatic heterocycles. The van der Waals surface area contributed by atoms with Crippen molar-refractivity contribution >= 4 is 28.9 Å². The van der Waals surface area contributed by atoms with E-state index in [0.717, 1.165) is 0 Å². The Hall–Kier alpha value is -3.63. The molecule has 29 heavy (non-hydrogen) atoms. The molecule has 2 aromatic carbocycles. The van der Waals surface area contributed by atoms with E-state index in [9.17, 15) is 27.2 Å². The molecule has 2 aliphatic rings. The van der Waals surface area contributed by atoms with E-state index in [4.69, 9.17) is 9.47 Å². The summed E-state index contributed by atoms with van der Waals surface area (Å²) in [7, 11) is 0. The van der Waals surface area contributed by atoms with Crippen molar-refractivity contribution in [2.75, 3.05) is 17.1 Å². The molecule has 1 N–H and O–H groups in total. The summed E-state index contributed by atoms with van der Waals surface area (Å²) in [6.45, 7) is 0.0395. The topological polar surface area (TPSA) is 80.2 Å². The van der Waals surface area contributed by atoms with E-state index in [1.165, 1.54) is 12.1 Å².